The summed E-state index contributed by atoms with van der Waals surface area (Å²) in [5, 5.41) is 19.0. The van der Waals surface area contributed by atoms with Crippen LogP contribution in [0, 0.1) is 0 Å². The van der Waals surface area contributed by atoms with E-state index in [1.807, 2.05) is 86.7 Å². The first-order chi connectivity index (χ1) is 18.3. The molecule has 0 aromatic heterocycles. The van der Waals surface area contributed by atoms with Crippen LogP contribution in [0.15, 0.2) is 141 Å². The SMILES string of the molecule is CC(=Nc1ccc(O)cc1)C(=C/C=C/c1ccccc1)C(C)=Nc1ccc(O)cc1.[Cu+2].[S-]c1ccccc1[S-]. The Labute approximate surface area is 251 Å². The Morgan fingerprint density at radius 2 is 1.03 bits per heavy atom. The van der Waals surface area contributed by atoms with Gasteiger partial charge in [-0.1, -0.05) is 72.8 Å². The van der Waals surface area contributed by atoms with Crippen molar-refractivity contribution in [1.82, 2.24) is 0 Å². The molecular formula is C32H28CuN2O2S2. The predicted octanol–water partition coefficient (Wildman–Crippen LogP) is 8.12. The molecule has 1 radical (unpaired) electrons. The largest absolute Gasteiger partial charge is 2.00 e. The Kier molecular flexibility index (Phi) is 13.1. The van der Waals surface area contributed by atoms with Crippen molar-refractivity contribution < 1.29 is 27.3 Å². The third-order valence-electron chi connectivity index (χ3n) is 5.27. The van der Waals surface area contributed by atoms with Crippen molar-refractivity contribution in [2.75, 3.05) is 0 Å². The van der Waals surface area contributed by atoms with Crippen LogP contribution < -0.4 is 0 Å². The molecule has 4 nitrogen and oxygen atoms in total. The standard InChI is InChI=1S/C26H24N2O2.C6H6S2.Cu/c1-19(27-22-11-15-24(29)16-12-22)26(10-6-9-21-7-4-3-5-8-21)20(2)28-23-13-17-25(30)18-14-23;7-5-3-1-2-4-6(5)8;/h3-18,29-30H,1-2H3;1-4,7-8H;/q;;+2/p-2/b9-6+,26-10?,27-19?,28-20?;;. The van der Waals surface area contributed by atoms with Crippen LogP contribution in [0.5, 0.6) is 11.5 Å². The Balaban J connectivity index is 0.000000508. The molecule has 0 fully saturated rings. The summed E-state index contributed by atoms with van der Waals surface area (Å²) in [5.74, 6) is 0.413. The number of phenolic OH excluding ortho intramolecular Hbond substituents is 2. The van der Waals surface area contributed by atoms with Gasteiger partial charge in [0.05, 0.1) is 11.4 Å². The summed E-state index contributed by atoms with van der Waals surface area (Å²) in [4.78, 5) is 10.9. The van der Waals surface area contributed by atoms with Crippen molar-refractivity contribution in [2.24, 2.45) is 9.98 Å². The minimum absolute atomic E-state index is 0. The van der Waals surface area contributed by atoms with Gasteiger partial charge < -0.3 is 35.5 Å². The number of phenols is 2. The van der Waals surface area contributed by atoms with Crippen LogP contribution in [0.2, 0.25) is 0 Å². The molecule has 39 heavy (non-hydrogen) atoms. The van der Waals surface area contributed by atoms with Gasteiger partial charge in [0.1, 0.15) is 11.5 Å². The molecule has 4 rings (SSSR count). The Morgan fingerprint density at radius 3 is 1.44 bits per heavy atom. The second-order valence-electron chi connectivity index (χ2n) is 8.22. The smallest absolute Gasteiger partial charge is 0.781 e. The third-order valence-corrected chi connectivity index (χ3v) is 6.11. The molecule has 4 aromatic rings. The van der Waals surface area contributed by atoms with Crippen LogP contribution in [0.1, 0.15) is 19.4 Å². The van der Waals surface area contributed by atoms with Gasteiger partial charge in [-0.3, -0.25) is 9.98 Å². The summed E-state index contributed by atoms with van der Waals surface area (Å²) < 4.78 is 0. The van der Waals surface area contributed by atoms with Crippen LogP contribution in [-0.4, -0.2) is 21.6 Å². The van der Waals surface area contributed by atoms with E-state index in [9.17, 15) is 10.2 Å². The molecule has 0 unspecified atom stereocenters. The monoisotopic (exact) mass is 599 g/mol. The van der Waals surface area contributed by atoms with Crippen molar-refractivity contribution in [1.29, 1.82) is 0 Å². The van der Waals surface area contributed by atoms with Gasteiger partial charge in [-0.15, -0.1) is 0 Å². The van der Waals surface area contributed by atoms with E-state index < -0.39 is 0 Å². The Bertz CT molecular complexity index is 1360. The fourth-order valence-corrected chi connectivity index (χ4v) is 3.63. The molecule has 0 saturated carbocycles. The molecule has 0 atom stereocenters. The summed E-state index contributed by atoms with van der Waals surface area (Å²) in [5.41, 5.74) is 5.11. The Hall–Kier alpha value is -3.74. The summed E-state index contributed by atoms with van der Waals surface area (Å²) in [7, 11) is 0. The summed E-state index contributed by atoms with van der Waals surface area (Å²) in [6.07, 6.45) is 6.00. The Morgan fingerprint density at radius 1 is 0.615 bits per heavy atom. The first-order valence-corrected chi connectivity index (χ1v) is 12.7. The maximum absolute atomic E-state index is 9.49. The molecule has 4 aromatic carbocycles. The van der Waals surface area contributed by atoms with Crippen LogP contribution in [-0.2, 0) is 42.3 Å². The van der Waals surface area contributed by atoms with Crippen molar-refractivity contribution in [3.63, 3.8) is 0 Å². The maximum atomic E-state index is 9.49. The number of aliphatic imine (C=N–C) groups is 2. The molecular weight excluding hydrogens is 572 g/mol. The predicted molar refractivity (Wildman–Crippen MR) is 163 cm³/mol. The molecule has 0 aliphatic heterocycles. The summed E-state index contributed by atoms with van der Waals surface area (Å²) >= 11 is 9.70. The van der Waals surface area contributed by atoms with E-state index in [0.717, 1.165) is 43.7 Å². The fourth-order valence-electron chi connectivity index (χ4n) is 3.33. The number of hydrogen-bond donors (Lipinski definition) is 2. The molecule has 0 bridgehead atoms. The van der Waals surface area contributed by atoms with Gasteiger partial charge in [-0.05, 0) is 67.9 Å². The van der Waals surface area contributed by atoms with E-state index in [1.165, 1.54) is 0 Å². The van der Waals surface area contributed by atoms with Crippen LogP contribution >= 0.6 is 0 Å². The van der Waals surface area contributed by atoms with Gasteiger partial charge in [0.2, 0.25) is 0 Å². The molecule has 0 saturated heterocycles. The zero-order valence-electron chi connectivity index (χ0n) is 21.5. The van der Waals surface area contributed by atoms with Crippen LogP contribution in [0.3, 0.4) is 0 Å². The molecule has 201 valence electrons. The molecule has 0 spiro atoms. The number of aromatic hydroxyl groups is 2. The van der Waals surface area contributed by atoms with Gasteiger partial charge in [-0.2, -0.15) is 9.79 Å². The zero-order valence-corrected chi connectivity index (χ0v) is 24.0. The van der Waals surface area contributed by atoms with E-state index in [0.29, 0.717) is 0 Å². The van der Waals surface area contributed by atoms with Gasteiger partial charge >= 0.3 is 17.1 Å². The number of nitrogens with zero attached hydrogens (tertiary/aromatic N) is 2. The third kappa shape index (κ3) is 10.9. The quantitative estimate of drug-likeness (QED) is 0.102. The number of hydrogen-bond acceptors (Lipinski definition) is 6. The summed E-state index contributed by atoms with van der Waals surface area (Å²) in [6, 6.07) is 31.0. The second kappa shape index (κ2) is 16.3. The van der Waals surface area contributed by atoms with Gasteiger partial charge in [-0.25, -0.2) is 0 Å². The molecule has 7 heteroatoms. The molecule has 2 N–H and O–H groups in total. The van der Waals surface area contributed by atoms with Gasteiger partial charge in [0.15, 0.2) is 0 Å². The van der Waals surface area contributed by atoms with E-state index in [1.54, 1.807) is 48.5 Å². The number of benzene rings is 4. The van der Waals surface area contributed by atoms with Gasteiger partial charge in [0.25, 0.3) is 0 Å². The zero-order chi connectivity index (χ0) is 27.3. The average molecular weight is 600 g/mol. The van der Waals surface area contributed by atoms with E-state index in [2.05, 4.69) is 9.98 Å². The second-order valence-corrected chi connectivity index (χ2v) is 9.10. The van der Waals surface area contributed by atoms with Crippen molar-refractivity contribution in [2.45, 2.75) is 23.6 Å². The van der Waals surface area contributed by atoms with Crippen molar-refractivity contribution in [3.8, 4) is 11.5 Å². The molecule has 0 aliphatic rings. The molecule has 0 heterocycles. The summed E-state index contributed by atoms with van der Waals surface area (Å²) in [6.45, 7) is 3.87. The normalized spacial score (nSPS) is 11.2. The maximum Gasteiger partial charge on any atom is 2.00 e. The first kappa shape index (κ1) is 31.5. The van der Waals surface area contributed by atoms with E-state index >= 15 is 0 Å². The van der Waals surface area contributed by atoms with Gasteiger partial charge in [0, 0.05) is 17.0 Å². The van der Waals surface area contributed by atoms with E-state index in [4.69, 9.17) is 25.3 Å². The minimum atomic E-state index is 0. The van der Waals surface area contributed by atoms with Crippen LogP contribution in [0.25, 0.3) is 6.08 Å². The van der Waals surface area contributed by atoms with Crippen molar-refractivity contribution in [3.05, 3.63) is 126 Å². The number of rotatable bonds is 6. The van der Waals surface area contributed by atoms with Crippen LogP contribution in [0.4, 0.5) is 11.4 Å². The first-order valence-electron chi connectivity index (χ1n) is 11.9. The fraction of sp³-hybridized carbons (Fsp3) is 0.0625. The van der Waals surface area contributed by atoms with E-state index in [-0.39, 0.29) is 28.6 Å². The molecule has 0 aliphatic carbocycles. The number of allylic oxidation sites excluding steroid dienone is 3. The molecule has 0 amide bonds. The van der Waals surface area contributed by atoms with Crippen molar-refractivity contribution >= 4 is 54.1 Å². The minimum Gasteiger partial charge on any atom is -0.781 e. The average Bonchev–Trinajstić information content (AvgIpc) is 2.92. The topological polar surface area (TPSA) is 65.2 Å².